The Morgan fingerprint density at radius 2 is 2.32 bits per heavy atom. The Balaban J connectivity index is 3.05. The molecule has 0 aliphatic carbocycles. The number of ether oxygens (including phenoxy) is 1. The second-order valence-electron chi connectivity index (χ2n) is 3.69. The van der Waals surface area contributed by atoms with Crippen molar-refractivity contribution in [3.63, 3.8) is 0 Å². The van der Waals surface area contributed by atoms with Gasteiger partial charge in [0.25, 0.3) is 0 Å². The number of nitrogens with one attached hydrogen (secondary N) is 1. The van der Waals surface area contributed by atoms with Crippen molar-refractivity contribution in [2.75, 3.05) is 11.9 Å². The monoisotopic (exact) mass is 263 g/mol. The highest BCUT2D eigenvalue weighted by Gasteiger charge is 2.23. The van der Waals surface area contributed by atoms with E-state index in [0.29, 0.717) is 0 Å². The lowest BCUT2D eigenvalue weighted by molar-refractivity contribution is -0.384. The molecule has 7 heteroatoms. The zero-order valence-corrected chi connectivity index (χ0v) is 10.5. The average molecular weight is 263 g/mol. The highest BCUT2D eigenvalue weighted by atomic mass is 16.6. The van der Waals surface area contributed by atoms with Gasteiger partial charge in [-0.05, 0) is 26.0 Å². The van der Waals surface area contributed by atoms with Crippen LogP contribution in [0.15, 0.2) is 18.2 Å². The molecule has 0 radical (unpaired) electrons. The number of hydrogen-bond acceptors (Lipinski definition) is 6. The number of rotatable bonds is 5. The fourth-order valence-corrected chi connectivity index (χ4v) is 1.51. The fourth-order valence-electron chi connectivity index (χ4n) is 1.51. The van der Waals surface area contributed by atoms with Crippen molar-refractivity contribution < 1.29 is 14.5 Å². The maximum Gasteiger partial charge on any atom is 0.328 e. The minimum atomic E-state index is -0.743. The van der Waals surface area contributed by atoms with Crippen LogP contribution in [0.4, 0.5) is 11.4 Å². The number of hydrogen-bond donors (Lipinski definition) is 1. The van der Waals surface area contributed by atoms with Gasteiger partial charge >= 0.3 is 11.7 Å². The van der Waals surface area contributed by atoms with Crippen LogP contribution >= 0.6 is 0 Å². The smallest absolute Gasteiger partial charge is 0.328 e. The van der Waals surface area contributed by atoms with E-state index < -0.39 is 16.9 Å². The van der Waals surface area contributed by atoms with Crippen molar-refractivity contribution in [3.8, 4) is 6.07 Å². The number of nitro groups is 1. The molecule has 7 nitrogen and oxygen atoms in total. The van der Waals surface area contributed by atoms with Crippen molar-refractivity contribution in [2.45, 2.75) is 19.9 Å². The number of nitro benzene ring substituents is 1. The molecule has 19 heavy (non-hydrogen) atoms. The minimum Gasteiger partial charge on any atom is -0.464 e. The molecule has 0 heterocycles. The molecular formula is C12H13N3O4. The van der Waals surface area contributed by atoms with Crippen molar-refractivity contribution in [1.82, 2.24) is 0 Å². The zero-order chi connectivity index (χ0) is 14.4. The molecule has 0 aromatic heterocycles. The van der Waals surface area contributed by atoms with E-state index in [9.17, 15) is 14.9 Å². The maximum atomic E-state index is 11.5. The SMILES string of the molecule is CCOC(=O)C(C)Nc1cccc(C#N)c1[N+](=O)[O-]. The van der Waals surface area contributed by atoms with Crippen LogP contribution in [0.2, 0.25) is 0 Å². The number of para-hydroxylation sites is 1. The predicted octanol–water partition coefficient (Wildman–Crippen LogP) is 1.83. The Morgan fingerprint density at radius 1 is 1.63 bits per heavy atom. The van der Waals surface area contributed by atoms with Gasteiger partial charge in [-0.15, -0.1) is 0 Å². The van der Waals surface area contributed by atoms with E-state index in [2.05, 4.69) is 5.32 Å². The van der Waals surface area contributed by atoms with E-state index in [1.165, 1.54) is 25.1 Å². The highest BCUT2D eigenvalue weighted by molar-refractivity contribution is 5.81. The molecule has 1 atom stereocenters. The molecular weight excluding hydrogens is 250 g/mol. The van der Waals surface area contributed by atoms with E-state index in [1.54, 1.807) is 13.0 Å². The zero-order valence-electron chi connectivity index (χ0n) is 10.5. The van der Waals surface area contributed by atoms with Gasteiger partial charge in [-0.1, -0.05) is 6.07 Å². The summed E-state index contributed by atoms with van der Waals surface area (Å²) in [6, 6.07) is 5.29. The second kappa shape index (κ2) is 6.35. The molecule has 0 aliphatic rings. The summed E-state index contributed by atoms with van der Waals surface area (Å²) in [6.07, 6.45) is 0. The van der Waals surface area contributed by atoms with Gasteiger partial charge < -0.3 is 10.1 Å². The Hall–Kier alpha value is -2.62. The number of esters is 1. The summed E-state index contributed by atoms with van der Waals surface area (Å²) < 4.78 is 4.80. The third kappa shape index (κ3) is 3.42. The average Bonchev–Trinajstić information content (AvgIpc) is 2.38. The molecule has 0 amide bonds. The molecule has 1 aromatic carbocycles. The summed E-state index contributed by atoms with van der Waals surface area (Å²) in [7, 11) is 0. The molecule has 1 N–H and O–H groups in total. The van der Waals surface area contributed by atoms with Crippen LogP contribution in [0.5, 0.6) is 0 Å². The first kappa shape index (κ1) is 14.4. The largest absolute Gasteiger partial charge is 0.464 e. The van der Waals surface area contributed by atoms with Crippen LogP contribution in [0.1, 0.15) is 19.4 Å². The van der Waals surface area contributed by atoms with Crippen LogP contribution in [-0.2, 0) is 9.53 Å². The van der Waals surface area contributed by atoms with Crippen molar-refractivity contribution in [3.05, 3.63) is 33.9 Å². The van der Waals surface area contributed by atoms with Gasteiger partial charge in [0.2, 0.25) is 0 Å². The number of benzene rings is 1. The van der Waals surface area contributed by atoms with Gasteiger partial charge in [0.05, 0.1) is 11.5 Å². The van der Waals surface area contributed by atoms with Crippen molar-refractivity contribution in [2.24, 2.45) is 0 Å². The Morgan fingerprint density at radius 3 is 2.84 bits per heavy atom. The molecule has 1 aromatic rings. The van der Waals surface area contributed by atoms with Crippen molar-refractivity contribution >= 4 is 17.3 Å². The fraction of sp³-hybridized carbons (Fsp3) is 0.333. The van der Waals surface area contributed by atoms with Crippen LogP contribution in [0.3, 0.4) is 0 Å². The Bertz CT molecular complexity index is 536. The van der Waals surface area contributed by atoms with E-state index in [-0.39, 0.29) is 23.5 Å². The lowest BCUT2D eigenvalue weighted by Gasteiger charge is -2.14. The third-order valence-corrected chi connectivity index (χ3v) is 2.35. The number of anilines is 1. The molecule has 0 bridgehead atoms. The first-order valence-corrected chi connectivity index (χ1v) is 5.62. The quantitative estimate of drug-likeness (QED) is 0.493. The van der Waals surface area contributed by atoms with Gasteiger partial charge in [0, 0.05) is 0 Å². The predicted molar refractivity (Wildman–Crippen MR) is 67.5 cm³/mol. The topological polar surface area (TPSA) is 105 Å². The Labute approximate surface area is 109 Å². The molecule has 0 aliphatic heterocycles. The lowest BCUT2D eigenvalue weighted by Crippen LogP contribution is -2.28. The molecule has 0 fully saturated rings. The molecule has 0 saturated carbocycles. The van der Waals surface area contributed by atoms with E-state index in [1.807, 2.05) is 0 Å². The van der Waals surface area contributed by atoms with Gasteiger partial charge in [0.15, 0.2) is 0 Å². The maximum absolute atomic E-state index is 11.5. The summed E-state index contributed by atoms with van der Waals surface area (Å²) in [5.41, 5.74) is -0.295. The van der Waals surface area contributed by atoms with E-state index >= 15 is 0 Å². The standard InChI is InChI=1S/C12H13N3O4/c1-3-19-12(16)8(2)14-10-6-4-5-9(7-13)11(10)15(17)18/h4-6,8,14H,3H2,1-2H3. The number of nitrogens with zero attached hydrogens (tertiary/aromatic N) is 2. The van der Waals surface area contributed by atoms with Crippen LogP contribution in [-0.4, -0.2) is 23.5 Å². The Kier molecular flexibility index (Phi) is 4.83. The van der Waals surface area contributed by atoms with Crippen LogP contribution in [0, 0.1) is 21.4 Å². The second-order valence-corrected chi connectivity index (χ2v) is 3.69. The molecule has 1 rings (SSSR count). The minimum absolute atomic E-state index is 0.0638. The molecule has 1 unspecified atom stereocenters. The van der Waals surface area contributed by atoms with E-state index in [4.69, 9.17) is 10.00 Å². The van der Waals surface area contributed by atoms with E-state index in [0.717, 1.165) is 0 Å². The van der Waals surface area contributed by atoms with Gasteiger partial charge in [-0.25, -0.2) is 4.79 Å². The lowest BCUT2D eigenvalue weighted by atomic mass is 10.1. The normalized spacial score (nSPS) is 11.2. The first-order valence-electron chi connectivity index (χ1n) is 5.62. The number of nitriles is 1. The summed E-state index contributed by atoms with van der Waals surface area (Å²) in [6.45, 7) is 3.43. The van der Waals surface area contributed by atoms with Crippen LogP contribution < -0.4 is 5.32 Å². The molecule has 100 valence electrons. The molecule has 0 spiro atoms. The number of carbonyl (C=O) groups is 1. The summed E-state index contributed by atoms with van der Waals surface area (Å²) >= 11 is 0. The number of carbonyl (C=O) groups excluding carboxylic acids is 1. The summed E-state index contributed by atoms with van der Waals surface area (Å²) in [4.78, 5) is 21.8. The van der Waals surface area contributed by atoms with Gasteiger partial charge in [-0.3, -0.25) is 10.1 Å². The first-order chi connectivity index (χ1) is 9.01. The van der Waals surface area contributed by atoms with Gasteiger partial charge in [-0.2, -0.15) is 5.26 Å². The summed E-state index contributed by atoms with van der Waals surface area (Å²) in [5, 5.41) is 22.5. The summed E-state index contributed by atoms with van der Waals surface area (Å²) in [5.74, 6) is -0.515. The third-order valence-electron chi connectivity index (χ3n) is 2.35. The van der Waals surface area contributed by atoms with Crippen LogP contribution in [0.25, 0.3) is 0 Å². The highest BCUT2D eigenvalue weighted by Crippen LogP contribution is 2.28. The van der Waals surface area contributed by atoms with Crippen molar-refractivity contribution in [1.29, 1.82) is 5.26 Å². The molecule has 0 saturated heterocycles. The van der Waals surface area contributed by atoms with Gasteiger partial charge in [0.1, 0.15) is 23.4 Å².